The zero-order chi connectivity index (χ0) is 13.0. The van der Waals surface area contributed by atoms with Crippen LogP contribution in [-0.4, -0.2) is 28.3 Å². The lowest BCUT2D eigenvalue weighted by atomic mass is 10.0. The van der Waals surface area contributed by atoms with E-state index in [-0.39, 0.29) is 17.9 Å². The molecule has 0 fully saturated rings. The highest BCUT2D eigenvalue weighted by molar-refractivity contribution is 5.92. The standard InChI is InChI=1S/C12H22N4O/c1-5-16-11(6-9(3)15-16)12(17)14-10(4)8(2)7-13/h6,8,10H,5,7,13H2,1-4H3,(H,14,17). The van der Waals surface area contributed by atoms with Crippen molar-refractivity contribution >= 4 is 5.91 Å². The maximum absolute atomic E-state index is 12.1. The van der Waals surface area contributed by atoms with Crippen LogP contribution in [0.2, 0.25) is 0 Å². The number of hydrogen-bond donors (Lipinski definition) is 2. The van der Waals surface area contributed by atoms with Gasteiger partial charge in [-0.15, -0.1) is 0 Å². The number of rotatable bonds is 5. The Morgan fingerprint density at radius 1 is 1.59 bits per heavy atom. The third-order valence-electron chi connectivity index (χ3n) is 3.02. The molecule has 0 aliphatic rings. The van der Waals surface area contributed by atoms with E-state index in [2.05, 4.69) is 10.4 Å². The van der Waals surface area contributed by atoms with Gasteiger partial charge in [-0.1, -0.05) is 6.92 Å². The molecule has 2 unspecified atom stereocenters. The summed E-state index contributed by atoms with van der Waals surface area (Å²) in [6.45, 7) is 9.09. The quantitative estimate of drug-likeness (QED) is 0.801. The second kappa shape index (κ2) is 5.82. The van der Waals surface area contributed by atoms with Crippen molar-refractivity contribution in [3.63, 3.8) is 0 Å². The minimum atomic E-state index is -0.0831. The number of amides is 1. The number of aromatic nitrogens is 2. The Balaban J connectivity index is 2.75. The Morgan fingerprint density at radius 2 is 2.24 bits per heavy atom. The third-order valence-corrected chi connectivity index (χ3v) is 3.02. The summed E-state index contributed by atoms with van der Waals surface area (Å²) in [7, 11) is 0. The fourth-order valence-electron chi connectivity index (χ4n) is 1.60. The lowest BCUT2D eigenvalue weighted by molar-refractivity contribution is 0.0918. The maximum atomic E-state index is 12.1. The van der Waals surface area contributed by atoms with Crippen molar-refractivity contribution in [2.45, 2.75) is 40.3 Å². The highest BCUT2D eigenvalue weighted by Gasteiger charge is 2.17. The SMILES string of the molecule is CCn1nc(C)cc1C(=O)NC(C)C(C)CN. The van der Waals surface area contributed by atoms with Gasteiger partial charge in [0.05, 0.1) is 5.69 Å². The summed E-state index contributed by atoms with van der Waals surface area (Å²) in [6, 6.07) is 1.87. The topological polar surface area (TPSA) is 72.9 Å². The second-order valence-electron chi connectivity index (χ2n) is 4.46. The van der Waals surface area contributed by atoms with Crippen LogP contribution in [0.5, 0.6) is 0 Å². The summed E-state index contributed by atoms with van der Waals surface area (Å²) in [5.74, 6) is 0.179. The van der Waals surface area contributed by atoms with Crippen LogP contribution in [0, 0.1) is 12.8 Å². The van der Waals surface area contributed by atoms with Crippen molar-refractivity contribution in [1.82, 2.24) is 15.1 Å². The fraction of sp³-hybridized carbons (Fsp3) is 0.667. The summed E-state index contributed by atoms with van der Waals surface area (Å²) in [4.78, 5) is 12.1. The molecule has 0 radical (unpaired) electrons. The van der Waals surface area contributed by atoms with E-state index in [1.165, 1.54) is 0 Å². The number of hydrogen-bond acceptors (Lipinski definition) is 3. The molecule has 0 spiro atoms. The monoisotopic (exact) mass is 238 g/mol. The zero-order valence-electron chi connectivity index (χ0n) is 11.0. The first kappa shape index (κ1) is 13.7. The van der Waals surface area contributed by atoms with Crippen LogP contribution >= 0.6 is 0 Å². The molecule has 0 bridgehead atoms. The summed E-state index contributed by atoms with van der Waals surface area (Å²) >= 11 is 0. The molecular weight excluding hydrogens is 216 g/mol. The number of carbonyl (C=O) groups is 1. The molecule has 0 aromatic carbocycles. The molecule has 96 valence electrons. The average molecular weight is 238 g/mol. The van der Waals surface area contributed by atoms with Gasteiger partial charge in [-0.2, -0.15) is 5.10 Å². The van der Waals surface area contributed by atoms with Gasteiger partial charge in [0.1, 0.15) is 5.69 Å². The molecule has 0 aliphatic heterocycles. The first-order valence-electron chi connectivity index (χ1n) is 6.05. The molecule has 3 N–H and O–H groups in total. The Bertz CT molecular complexity index is 386. The van der Waals surface area contributed by atoms with Gasteiger partial charge in [0.15, 0.2) is 0 Å². The van der Waals surface area contributed by atoms with E-state index in [0.717, 1.165) is 5.69 Å². The van der Waals surface area contributed by atoms with Crippen molar-refractivity contribution in [3.05, 3.63) is 17.5 Å². The second-order valence-corrected chi connectivity index (χ2v) is 4.46. The molecule has 0 aliphatic carbocycles. The molecule has 0 saturated carbocycles. The van der Waals surface area contributed by atoms with Gasteiger partial charge >= 0.3 is 0 Å². The highest BCUT2D eigenvalue weighted by atomic mass is 16.2. The smallest absolute Gasteiger partial charge is 0.269 e. The van der Waals surface area contributed by atoms with Gasteiger partial charge in [-0.25, -0.2) is 0 Å². The normalized spacial score (nSPS) is 14.4. The Labute approximate surface area is 102 Å². The molecule has 5 heteroatoms. The first-order chi connectivity index (χ1) is 7.99. The molecule has 1 amide bonds. The van der Waals surface area contributed by atoms with E-state index >= 15 is 0 Å². The largest absolute Gasteiger partial charge is 0.348 e. The molecule has 1 heterocycles. The van der Waals surface area contributed by atoms with E-state index in [1.807, 2.05) is 27.7 Å². The summed E-state index contributed by atoms with van der Waals surface area (Å²) in [6.07, 6.45) is 0. The van der Waals surface area contributed by atoms with Crippen molar-refractivity contribution in [2.24, 2.45) is 11.7 Å². The number of nitrogens with one attached hydrogen (secondary N) is 1. The van der Waals surface area contributed by atoms with Crippen LogP contribution in [0.3, 0.4) is 0 Å². The molecular formula is C12H22N4O. The van der Waals surface area contributed by atoms with Crippen molar-refractivity contribution in [3.8, 4) is 0 Å². The van der Waals surface area contributed by atoms with Crippen LogP contribution in [0.1, 0.15) is 37.0 Å². The van der Waals surface area contributed by atoms with Gasteiger partial charge in [0.25, 0.3) is 5.91 Å². The molecule has 1 aromatic rings. The van der Waals surface area contributed by atoms with Gasteiger partial charge in [-0.05, 0) is 39.3 Å². The fourth-order valence-corrected chi connectivity index (χ4v) is 1.60. The van der Waals surface area contributed by atoms with Gasteiger partial charge in [-0.3, -0.25) is 9.48 Å². The molecule has 1 aromatic heterocycles. The lowest BCUT2D eigenvalue weighted by Crippen LogP contribution is -2.40. The highest BCUT2D eigenvalue weighted by Crippen LogP contribution is 2.06. The van der Waals surface area contributed by atoms with E-state index in [4.69, 9.17) is 5.73 Å². The van der Waals surface area contributed by atoms with Crippen LogP contribution < -0.4 is 11.1 Å². The Morgan fingerprint density at radius 3 is 2.76 bits per heavy atom. The lowest BCUT2D eigenvalue weighted by Gasteiger charge is -2.19. The molecule has 2 atom stereocenters. The van der Waals surface area contributed by atoms with Crippen LogP contribution in [0.25, 0.3) is 0 Å². The summed E-state index contributed by atoms with van der Waals surface area (Å²) in [5, 5.41) is 7.21. The van der Waals surface area contributed by atoms with E-state index in [1.54, 1.807) is 10.7 Å². The molecule has 17 heavy (non-hydrogen) atoms. The van der Waals surface area contributed by atoms with E-state index < -0.39 is 0 Å². The minimum absolute atomic E-state index is 0.0630. The van der Waals surface area contributed by atoms with Crippen molar-refractivity contribution in [1.29, 1.82) is 0 Å². The third kappa shape index (κ3) is 3.30. The van der Waals surface area contributed by atoms with Gasteiger partial charge < -0.3 is 11.1 Å². The van der Waals surface area contributed by atoms with Gasteiger partial charge in [0.2, 0.25) is 0 Å². The van der Waals surface area contributed by atoms with Crippen molar-refractivity contribution in [2.75, 3.05) is 6.54 Å². The number of aryl methyl sites for hydroxylation is 2. The number of nitrogens with two attached hydrogens (primary N) is 1. The zero-order valence-corrected chi connectivity index (χ0v) is 11.0. The predicted octanol–water partition coefficient (Wildman–Crippen LogP) is 0.925. The Hall–Kier alpha value is -1.36. The summed E-state index contributed by atoms with van der Waals surface area (Å²) < 4.78 is 1.71. The van der Waals surface area contributed by atoms with Crippen LogP contribution in [0.4, 0.5) is 0 Å². The predicted molar refractivity (Wildman–Crippen MR) is 67.8 cm³/mol. The first-order valence-corrected chi connectivity index (χ1v) is 6.05. The molecule has 0 saturated heterocycles. The Kier molecular flexibility index (Phi) is 4.69. The van der Waals surface area contributed by atoms with Gasteiger partial charge in [0, 0.05) is 12.6 Å². The summed E-state index contributed by atoms with van der Waals surface area (Å²) in [5.41, 5.74) is 7.05. The molecule has 5 nitrogen and oxygen atoms in total. The molecule has 1 rings (SSSR count). The van der Waals surface area contributed by atoms with Crippen molar-refractivity contribution < 1.29 is 4.79 Å². The average Bonchev–Trinajstić information content (AvgIpc) is 2.69. The van der Waals surface area contributed by atoms with E-state index in [9.17, 15) is 4.79 Å². The van der Waals surface area contributed by atoms with E-state index in [0.29, 0.717) is 18.8 Å². The number of nitrogens with zero attached hydrogens (tertiary/aromatic N) is 2. The van der Waals surface area contributed by atoms with Crippen LogP contribution in [-0.2, 0) is 6.54 Å². The minimum Gasteiger partial charge on any atom is -0.348 e. The van der Waals surface area contributed by atoms with Crippen LogP contribution in [0.15, 0.2) is 6.07 Å². The number of carbonyl (C=O) groups excluding carboxylic acids is 1. The maximum Gasteiger partial charge on any atom is 0.269 e.